The molecule has 3 rings (SSSR count). The lowest BCUT2D eigenvalue weighted by molar-refractivity contribution is 0.0691. The number of nitrogens with zero attached hydrogens (tertiary/aromatic N) is 3. The molecule has 0 aliphatic heterocycles. The molecule has 3 aromatic heterocycles. The van der Waals surface area contributed by atoms with Crippen molar-refractivity contribution in [3.8, 4) is 0 Å². The van der Waals surface area contributed by atoms with Crippen molar-refractivity contribution in [3.05, 3.63) is 30.2 Å². The minimum atomic E-state index is -1.02. The Morgan fingerprint density at radius 3 is 3.00 bits per heavy atom. The van der Waals surface area contributed by atoms with Crippen LogP contribution in [0.1, 0.15) is 10.5 Å². The van der Waals surface area contributed by atoms with E-state index in [9.17, 15) is 4.79 Å². The van der Waals surface area contributed by atoms with Crippen LogP contribution in [0.15, 0.2) is 24.5 Å². The Labute approximate surface area is 89.0 Å². The van der Waals surface area contributed by atoms with Gasteiger partial charge in [0.2, 0.25) is 0 Å². The molecule has 0 radical (unpaired) electrons. The second kappa shape index (κ2) is 2.99. The lowest BCUT2D eigenvalue weighted by Gasteiger charge is -2.00. The maximum absolute atomic E-state index is 10.8. The maximum atomic E-state index is 10.8. The number of aromatic amines is 1. The molecule has 0 amide bonds. The number of hydrogen-bond donors (Lipinski definition) is 2. The Balaban J connectivity index is 2.46. The van der Waals surface area contributed by atoms with E-state index in [0.29, 0.717) is 16.6 Å². The molecule has 78 valence electrons. The lowest BCUT2D eigenvalue weighted by atomic mass is 10.2. The molecule has 6 nitrogen and oxygen atoms in total. The van der Waals surface area contributed by atoms with Crippen LogP contribution in [0.25, 0.3) is 21.9 Å². The van der Waals surface area contributed by atoms with Crippen molar-refractivity contribution < 1.29 is 9.90 Å². The van der Waals surface area contributed by atoms with E-state index in [2.05, 4.69) is 20.2 Å². The molecule has 0 spiro atoms. The first kappa shape index (κ1) is 8.78. The molecule has 6 heteroatoms. The molecule has 0 aliphatic rings. The molecule has 0 saturated heterocycles. The average Bonchev–Trinajstić information content (AvgIpc) is 2.76. The number of H-pyrrole nitrogens is 1. The predicted molar refractivity (Wildman–Crippen MR) is 56.1 cm³/mol. The summed E-state index contributed by atoms with van der Waals surface area (Å²) in [6.07, 6.45) is 3.25. The number of carboxylic acid groups (broad SMARTS) is 1. The molecule has 3 heterocycles. The van der Waals surface area contributed by atoms with E-state index < -0.39 is 5.97 Å². The van der Waals surface area contributed by atoms with Gasteiger partial charge in [-0.3, -0.25) is 4.98 Å². The fourth-order valence-electron chi connectivity index (χ4n) is 1.59. The van der Waals surface area contributed by atoms with E-state index in [1.165, 1.54) is 6.07 Å². The fraction of sp³-hybridized carbons (Fsp3) is 0. The maximum Gasteiger partial charge on any atom is 0.352 e. The van der Waals surface area contributed by atoms with Gasteiger partial charge in [-0.05, 0) is 12.1 Å². The highest BCUT2D eigenvalue weighted by atomic mass is 16.4. The number of aromatic carboxylic acids is 1. The summed E-state index contributed by atoms with van der Waals surface area (Å²) in [7, 11) is 0. The number of carboxylic acids is 1. The van der Waals surface area contributed by atoms with Crippen LogP contribution >= 0.6 is 0 Å². The molecular formula is C10H6N4O2. The van der Waals surface area contributed by atoms with Gasteiger partial charge in [-0.25, -0.2) is 4.79 Å². The molecule has 0 aromatic carbocycles. The molecule has 2 N–H and O–H groups in total. The third-order valence-corrected chi connectivity index (χ3v) is 2.36. The van der Waals surface area contributed by atoms with Gasteiger partial charge in [0.1, 0.15) is 11.2 Å². The number of fused-ring (bicyclic) bond motifs is 3. The van der Waals surface area contributed by atoms with E-state index in [1.807, 2.05) is 0 Å². The quantitative estimate of drug-likeness (QED) is 0.635. The van der Waals surface area contributed by atoms with Gasteiger partial charge in [0.15, 0.2) is 0 Å². The van der Waals surface area contributed by atoms with Crippen LogP contribution in [0.4, 0.5) is 0 Å². The molecule has 3 aromatic rings. The molecule has 0 unspecified atom stereocenters. The number of hydrogen-bond acceptors (Lipinski definition) is 4. The summed E-state index contributed by atoms with van der Waals surface area (Å²) in [6.45, 7) is 0. The van der Waals surface area contributed by atoms with Crippen LogP contribution in [0.2, 0.25) is 0 Å². The smallest absolute Gasteiger partial charge is 0.352 e. The largest absolute Gasteiger partial charge is 0.477 e. The SMILES string of the molecule is O=C(O)c1ccc2ncc3cnnc3c2[nH]1. The Morgan fingerprint density at radius 2 is 2.19 bits per heavy atom. The third kappa shape index (κ3) is 1.13. The zero-order chi connectivity index (χ0) is 11.1. The third-order valence-electron chi connectivity index (χ3n) is 2.36. The number of rotatable bonds is 1. The number of carbonyl (C=O) groups is 1. The Hall–Kier alpha value is -2.50. The van der Waals surface area contributed by atoms with Crippen molar-refractivity contribution in [1.82, 2.24) is 20.2 Å². The average molecular weight is 214 g/mol. The van der Waals surface area contributed by atoms with Crippen LogP contribution in [-0.4, -0.2) is 31.2 Å². The lowest BCUT2D eigenvalue weighted by Crippen LogP contribution is -2.00. The zero-order valence-electron chi connectivity index (χ0n) is 8.01. The van der Waals surface area contributed by atoms with E-state index >= 15 is 0 Å². The molecule has 16 heavy (non-hydrogen) atoms. The molecule has 0 saturated carbocycles. The Kier molecular flexibility index (Phi) is 1.64. The van der Waals surface area contributed by atoms with Crippen molar-refractivity contribution in [1.29, 1.82) is 0 Å². The second-order valence-electron chi connectivity index (χ2n) is 3.34. The summed E-state index contributed by atoms with van der Waals surface area (Å²) in [6, 6.07) is 3.11. The van der Waals surface area contributed by atoms with Crippen LogP contribution < -0.4 is 0 Å². The first-order chi connectivity index (χ1) is 7.75. The summed E-state index contributed by atoms with van der Waals surface area (Å²) in [5.41, 5.74) is 1.99. The number of pyridine rings is 2. The zero-order valence-corrected chi connectivity index (χ0v) is 8.01. The van der Waals surface area contributed by atoms with E-state index in [-0.39, 0.29) is 5.69 Å². The standard InChI is InChI=1S/C10H6N4O2/c15-10(16)7-2-1-6-9(13-7)8-5(3-11-6)4-12-14-8/h1-4,13H,(H,15,16). The van der Waals surface area contributed by atoms with Gasteiger partial charge >= 0.3 is 5.97 Å². The van der Waals surface area contributed by atoms with Crippen molar-refractivity contribution in [3.63, 3.8) is 0 Å². The molecule has 0 atom stereocenters. The van der Waals surface area contributed by atoms with Crippen molar-refractivity contribution in [2.45, 2.75) is 0 Å². The molecular weight excluding hydrogens is 208 g/mol. The first-order valence-electron chi connectivity index (χ1n) is 4.58. The minimum Gasteiger partial charge on any atom is -0.477 e. The first-order valence-corrected chi connectivity index (χ1v) is 4.58. The topological polar surface area (TPSA) is 91.8 Å². The van der Waals surface area contributed by atoms with E-state index in [1.54, 1.807) is 18.5 Å². The highest BCUT2D eigenvalue weighted by molar-refractivity contribution is 6.01. The summed E-state index contributed by atoms with van der Waals surface area (Å²) < 4.78 is 0. The fourth-order valence-corrected chi connectivity index (χ4v) is 1.59. The van der Waals surface area contributed by atoms with Crippen molar-refractivity contribution >= 4 is 27.9 Å². The van der Waals surface area contributed by atoms with Crippen LogP contribution in [-0.2, 0) is 0 Å². The highest BCUT2D eigenvalue weighted by Gasteiger charge is 2.08. The van der Waals surface area contributed by atoms with Gasteiger partial charge in [0.05, 0.1) is 17.2 Å². The van der Waals surface area contributed by atoms with Crippen LogP contribution in [0.3, 0.4) is 0 Å². The number of nitrogens with one attached hydrogen (secondary N) is 1. The van der Waals surface area contributed by atoms with Gasteiger partial charge in [-0.15, -0.1) is 5.10 Å². The van der Waals surface area contributed by atoms with E-state index in [0.717, 1.165) is 5.39 Å². The summed E-state index contributed by atoms with van der Waals surface area (Å²) in [5, 5.41) is 17.4. The van der Waals surface area contributed by atoms with Gasteiger partial charge in [0, 0.05) is 11.6 Å². The van der Waals surface area contributed by atoms with Gasteiger partial charge in [-0.2, -0.15) is 5.10 Å². The summed E-state index contributed by atoms with van der Waals surface area (Å²) in [4.78, 5) is 17.8. The second-order valence-corrected chi connectivity index (χ2v) is 3.34. The number of aromatic nitrogens is 4. The summed E-state index contributed by atoms with van der Waals surface area (Å²) in [5.74, 6) is -1.02. The van der Waals surface area contributed by atoms with E-state index in [4.69, 9.17) is 5.11 Å². The molecule has 0 fully saturated rings. The van der Waals surface area contributed by atoms with Gasteiger partial charge in [-0.1, -0.05) is 0 Å². The van der Waals surface area contributed by atoms with Crippen LogP contribution in [0.5, 0.6) is 0 Å². The normalized spacial score (nSPS) is 11.0. The Bertz CT molecular complexity index is 704. The van der Waals surface area contributed by atoms with Gasteiger partial charge in [0.25, 0.3) is 0 Å². The summed E-state index contributed by atoms with van der Waals surface area (Å²) >= 11 is 0. The molecule has 0 bridgehead atoms. The minimum absolute atomic E-state index is 0.102. The monoisotopic (exact) mass is 214 g/mol. The van der Waals surface area contributed by atoms with Gasteiger partial charge < -0.3 is 10.1 Å². The van der Waals surface area contributed by atoms with Crippen LogP contribution in [0, 0.1) is 0 Å². The highest BCUT2D eigenvalue weighted by Crippen LogP contribution is 2.19. The predicted octanol–water partition coefficient (Wildman–Crippen LogP) is 1.20. The Morgan fingerprint density at radius 1 is 1.31 bits per heavy atom. The van der Waals surface area contributed by atoms with Crippen molar-refractivity contribution in [2.24, 2.45) is 0 Å². The molecule has 0 aliphatic carbocycles. The van der Waals surface area contributed by atoms with Crippen molar-refractivity contribution in [2.75, 3.05) is 0 Å².